The van der Waals surface area contributed by atoms with E-state index in [-0.39, 0.29) is 23.1 Å². The van der Waals surface area contributed by atoms with Crippen molar-refractivity contribution in [3.63, 3.8) is 0 Å². The van der Waals surface area contributed by atoms with Crippen LogP contribution >= 0.6 is 0 Å². The predicted molar refractivity (Wildman–Crippen MR) is 75.9 cm³/mol. The van der Waals surface area contributed by atoms with Crippen LogP contribution in [0.15, 0.2) is 18.2 Å². The maximum Gasteiger partial charge on any atom is 0.282 e. The minimum absolute atomic E-state index is 0.119. The topological polar surface area (TPSA) is 63.5 Å². The smallest absolute Gasteiger partial charge is 0.282 e. The van der Waals surface area contributed by atoms with Crippen LogP contribution in [-0.2, 0) is 0 Å². The molecule has 0 unspecified atom stereocenters. The van der Waals surface area contributed by atoms with Gasteiger partial charge in [0.15, 0.2) is 5.78 Å². The third-order valence-electron chi connectivity index (χ3n) is 2.98. The highest BCUT2D eigenvalue weighted by Gasteiger charge is 2.20. The van der Waals surface area contributed by atoms with Crippen LogP contribution in [0.25, 0.3) is 0 Å². The van der Waals surface area contributed by atoms with Gasteiger partial charge < -0.3 is 4.90 Å². The first-order valence-electron chi connectivity index (χ1n) is 6.44. The zero-order chi connectivity index (χ0) is 14.6. The SMILES string of the molecule is CCCN(c1ccc(C(C)=O)c([N+](=O)[O-])c1)C(C)C. The Morgan fingerprint density at radius 3 is 2.47 bits per heavy atom. The summed E-state index contributed by atoms with van der Waals surface area (Å²) in [6, 6.07) is 5.06. The van der Waals surface area contributed by atoms with Crippen molar-refractivity contribution in [2.75, 3.05) is 11.4 Å². The first-order chi connectivity index (χ1) is 8.88. The molecule has 19 heavy (non-hydrogen) atoms. The molecule has 1 rings (SSSR count). The second-order valence-electron chi connectivity index (χ2n) is 4.80. The fourth-order valence-corrected chi connectivity index (χ4v) is 2.07. The van der Waals surface area contributed by atoms with E-state index in [1.165, 1.54) is 13.0 Å². The third-order valence-corrected chi connectivity index (χ3v) is 2.98. The fraction of sp³-hybridized carbons (Fsp3) is 0.500. The van der Waals surface area contributed by atoms with Crippen LogP contribution in [0.5, 0.6) is 0 Å². The molecule has 5 nitrogen and oxygen atoms in total. The number of nitro groups is 1. The molecule has 0 aliphatic carbocycles. The van der Waals surface area contributed by atoms with Crippen molar-refractivity contribution in [2.45, 2.75) is 40.2 Å². The van der Waals surface area contributed by atoms with Gasteiger partial charge >= 0.3 is 0 Å². The van der Waals surface area contributed by atoms with Crippen LogP contribution in [0, 0.1) is 10.1 Å². The quantitative estimate of drug-likeness (QED) is 0.448. The molecule has 0 aromatic heterocycles. The minimum atomic E-state index is -0.495. The Kier molecular flexibility index (Phi) is 5.03. The number of nitrogens with zero attached hydrogens (tertiary/aromatic N) is 2. The maximum absolute atomic E-state index is 11.4. The Hall–Kier alpha value is -1.91. The van der Waals surface area contributed by atoms with Gasteiger partial charge in [0, 0.05) is 24.3 Å². The van der Waals surface area contributed by atoms with Crippen LogP contribution in [0.2, 0.25) is 0 Å². The lowest BCUT2D eigenvalue weighted by Gasteiger charge is -2.28. The molecular weight excluding hydrogens is 244 g/mol. The summed E-state index contributed by atoms with van der Waals surface area (Å²) in [5.41, 5.74) is 0.828. The highest BCUT2D eigenvalue weighted by molar-refractivity contribution is 5.98. The summed E-state index contributed by atoms with van der Waals surface area (Å²) < 4.78 is 0. The van der Waals surface area contributed by atoms with E-state index in [9.17, 15) is 14.9 Å². The van der Waals surface area contributed by atoms with Crippen molar-refractivity contribution in [3.05, 3.63) is 33.9 Å². The van der Waals surface area contributed by atoms with Gasteiger partial charge in [-0.3, -0.25) is 14.9 Å². The summed E-state index contributed by atoms with van der Waals surface area (Å²) in [5, 5.41) is 11.1. The van der Waals surface area contributed by atoms with E-state index in [4.69, 9.17) is 0 Å². The van der Waals surface area contributed by atoms with Gasteiger partial charge in [0.05, 0.1) is 10.5 Å². The zero-order valence-electron chi connectivity index (χ0n) is 11.8. The van der Waals surface area contributed by atoms with E-state index in [1.54, 1.807) is 12.1 Å². The van der Waals surface area contributed by atoms with Crippen molar-refractivity contribution in [2.24, 2.45) is 0 Å². The number of hydrogen-bond acceptors (Lipinski definition) is 4. The number of nitro benzene ring substituents is 1. The molecule has 0 fully saturated rings. The van der Waals surface area contributed by atoms with Crippen molar-refractivity contribution in [1.82, 2.24) is 0 Å². The lowest BCUT2D eigenvalue weighted by atomic mass is 10.1. The molecular formula is C14H20N2O3. The van der Waals surface area contributed by atoms with Crippen LogP contribution in [0.4, 0.5) is 11.4 Å². The molecule has 0 heterocycles. The molecule has 0 aliphatic heterocycles. The summed E-state index contributed by atoms with van der Waals surface area (Å²) in [6.45, 7) is 8.32. The standard InChI is InChI=1S/C14H20N2O3/c1-5-8-15(10(2)3)12-6-7-13(11(4)17)14(9-12)16(18)19/h6-7,9-10H,5,8H2,1-4H3. The lowest BCUT2D eigenvalue weighted by molar-refractivity contribution is -0.385. The maximum atomic E-state index is 11.4. The van der Waals surface area contributed by atoms with E-state index < -0.39 is 4.92 Å². The number of carbonyl (C=O) groups is 1. The Balaban J connectivity index is 3.27. The van der Waals surface area contributed by atoms with E-state index in [2.05, 4.69) is 11.8 Å². The van der Waals surface area contributed by atoms with Gasteiger partial charge in [-0.1, -0.05) is 6.92 Å². The van der Waals surface area contributed by atoms with Crippen LogP contribution in [0.3, 0.4) is 0 Å². The Labute approximate surface area is 113 Å². The van der Waals surface area contributed by atoms with E-state index in [0.29, 0.717) is 0 Å². The summed E-state index contributed by atoms with van der Waals surface area (Å²) in [7, 11) is 0. The molecule has 104 valence electrons. The molecule has 5 heteroatoms. The average molecular weight is 264 g/mol. The highest BCUT2D eigenvalue weighted by Crippen LogP contribution is 2.27. The number of ketones is 1. The molecule has 0 N–H and O–H groups in total. The van der Waals surface area contributed by atoms with Crippen LogP contribution < -0.4 is 4.90 Å². The molecule has 0 saturated heterocycles. The van der Waals surface area contributed by atoms with Crippen molar-refractivity contribution < 1.29 is 9.72 Å². The van der Waals surface area contributed by atoms with Gasteiger partial charge in [-0.05, 0) is 39.3 Å². The molecule has 0 spiro atoms. The number of hydrogen-bond donors (Lipinski definition) is 0. The monoisotopic (exact) mass is 264 g/mol. The third kappa shape index (κ3) is 3.53. The Bertz CT molecular complexity index is 484. The van der Waals surface area contributed by atoms with E-state index in [1.807, 2.05) is 13.8 Å². The van der Waals surface area contributed by atoms with E-state index >= 15 is 0 Å². The Morgan fingerprint density at radius 2 is 2.05 bits per heavy atom. The fourth-order valence-electron chi connectivity index (χ4n) is 2.07. The average Bonchev–Trinajstić information content (AvgIpc) is 2.34. The molecule has 0 saturated carbocycles. The number of carbonyl (C=O) groups excluding carboxylic acids is 1. The summed E-state index contributed by atoms with van der Waals surface area (Å²) in [5.74, 6) is -0.287. The molecule has 0 radical (unpaired) electrons. The first kappa shape index (κ1) is 15.1. The summed E-state index contributed by atoms with van der Waals surface area (Å²) >= 11 is 0. The molecule has 1 aromatic rings. The van der Waals surface area contributed by atoms with Crippen molar-refractivity contribution in [3.8, 4) is 0 Å². The van der Waals surface area contributed by atoms with Gasteiger partial charge in [-0.25, -0.2) is 0 Å². The highest BCUT2D eigenvalue weighted by atomic mass is 16.6. The molecule has 0 amide bonds. The van der Waals surface area contributed by atoms with E-state index in [0.717, 1.165) is 18.7 Å². The predicted octanol–water partition coefficient (Wildman–Crippen LogP) is 3.42. The molecule has 1 aromatic carbocycles. The van der Waals surface area contributed by atoms with Gasteiger partial charge in [0.1, 0.15) is 0 Å². The second-order valence-corrected chi connectivity index (χ2v) is 4.80. The van der Waals surface area contributed by atoms with Crippen molar-refractivity contribution >= 4 is 17.2 Å². The lowest BCUT2D eigenvalue weighted by Crippen LogP contribution is -2.31. The summed E-state index contributed by atoms with van der Waals surface area (Å²) in [4.78, 5) is 24.1. The van der Waals surface area contributed by atoms with Crippen LogP contribution in [-0.4, -0.2) is 23.3 Å². The Morgan fingerprint density at radius 1 is 1.42 bits per heavy atom. The largest absolute Gasteiger partial charge is 0.369 e. The summed E-state index contributed by atoms with van der Waals surface area (Å²) in [6.07, 6.45) is 0.959. The number of benzene rings is 1. The number of rotatable bonds is 6. The van der Waals surface area contributed by atoms with Gasteiger partial charge in [0.25, 0.3) is 5.69 Å². The number of Topliss-reactive ketones (excluding diaryl/α,β-unsaturated/α-hetero) is 1. The normalized spacial score (nSPS) is 10.6. The zero-order valence-corrected chi connectivity index (χ0v) is 11.8. The molecule has 0 aliphatic rings. The molecule has 0 atom stereocenters. The van der Waals surface area contributed by atoms with Crippen LogP contribution in [0.1, 0.15) is 44.5 Å². The first-order valence-corrected chi connectivity index (χ1v) is 6.44. The van der Waals surface area contributed by atoms with Gasteiger partial charge in [0.2, 0.25) is 0 Å². The van der Waals surface area contributed by atoms with Gasteiger partial charge in [-0.15, -0.1) is 0 Å². The number of anilines is 1. The second kappa shape index (κ2) is 6.31. The molecule has 0 bridgehead atoms. The minimum Gasteiger partial charge on any atom is -0.369 e. The van der Waals surface area contributed by atoms with Gasteiger partial charge in [-0.2, -0.15) is 0 Å². The van der Waals surface area contributed by atoms with Crippen molar-refractivity contribution in [1.29, 1.82) is 0 Å².